The van der Waals surface area contributed by atoms with Crippen molar-refractivity contribution in [1.82, 2.24) is 15.0 Å². The minimum absolute atomic E-state index is 0.00530. The number of sulfone groups is 1. The Bertz CT molecular complexity index is 1560. The second-order valence-electron chi connectivity index (χ2n) is 9.54. The van der Waals surface area contributed by atoms with Gasteiger partial charge in [-0.25, -0.2) is 8.42 Å². The molecule has 14 heteroatoms. The van der Waals surface area contributed by atoms with Crippen molar-refractivity contribution < 1.29 is 40.7 Å². The van der Waals surface area contributed by atoms with Crippen LogP contribution < -0.4 is 14.8 Å². The minimum atomic E-state index is -4.59. The van der Waals surface area contributed by atoms with E-state index in [9.17, 15) is 31.2 Å². The highest BCUT2D eigenvalue weighted by molar-refractivity contribution is 7.92. The number of ketones is 2. The Kier molecular flexibility index (Phi) is 12.1. The molecular formula is C30H31F3N4O6S. The summed E-state index contributed by atoms with van der Waals surface area (Å²) < 4.78 is 72.0. The van der Waals surface area contributed by atoms with E-state index in [1.54, 1.807) is 42.5 Å². The van der Waals surface area contributed by atoms with Gasteiger partial charge in [0.15, 0.2) is 22.2 Å². The molecule has 2 aromatic carbocycles. The number of carbonyl (C=O) groups excluding carboxylic acids is 2. The third kappa shape index (κ3) is 12.0. The first-order chi connectivity index (χ1) is 20.9. The summed E-state index contributed by atoms with van der Waals surface area (Å²) in [5.74, 6) is -1.10. The average Bonchev–Trinajstić information content (AvgIpc) is 2.97. The van der Waals surface area contributed by atoms with Crippen molar-refractivity contribution in [3.8, 4) is 11.8 Å². The van der Waals surface area contributed by atoms with Crippen LogP contribution in [0.1, 0.15) is 40.2 Å². The predicted molar refractivity (Wildman–Crippen MR) is 158 cm³/mol. The molecule has 0 aliphatic carbocycles. The molecule has 234 valence electrons. The summed E-state index contributed by atoms with van der Waals surface area (Å²) in [6.45, 7) is 5.96. The first kappa shape index (κ1) is 33.9. The van der Waals surface area contributed by atoms with Crippen LogP contribution in [0.15, 0.2) is 73.8 Å². The van der Waals surface area contributed by atoms with Gasteiger partial charge in [-0.3, -0.25) is 9.59 Å². The number of ether oxygens (including phenoxy) is 2. The van der Waals surface area contributed by atoms with Crippen LogP contribution in [0.5, 0.6) is 11.8 Å². The van der Waals surface area contributed by atoms with E-state index in [-0.39, 0.29) is 49.1 Å². The summed E-state index contributed by atoms with van der Waals surface area (Å²) in [4.78, 5) is 36.8. The van der Waals surface area contributed by atoms with Crippen LogP contribution in [0.25, 0.3) is 0 Å². The molecule has 0 bridgehead atoms. The largest absolute Gasteiger partial charge is 0.490 e. The quantitative estimate of drug-likeness (QED) is 0.155. The van der Waals surface area contributed by atoms with Crippen LogP contribution in [0, 0.1) is 0 Å². The smallest absolute Gasteiger partial charge is 0.422 e. The molecule has 1 aromatic heterocycles. The first-order valence-electron chi connectivity index (χ1n) is 13.3. The van der Waals surface area contributed by atoms with Gasteiger partial charge in [-0.05, 0) is 23.3 Å². The highest BCUT2D eigenvalue weighted by Crippen LogP contribution is 2.19. The Labute approximate surface area is 253 Å². The van der Waals surface area contributed by atoms with Crippen LogP contribution in [0.2, 0.25) is 0 Å². The molecule has 0 fully saturated rings. The van der Waals surface area contributed by atoms with Gasteiger partial charge in [0.05, 0.1) is 5.75 Å². The van der Waals surface area contributed by atoms with E-state index >= 15 is 0 Å². The van der Waals surface area contributed by atoms with Crippen molar-refractivity contribution in [3.05, 3.63) is 96.4 Å². The summed E-state index contributed by atoms with van der Waals surface area (Å²) in [6, 6.07) is 12.9. The fourth-order valence-corrected chi connectivity index (χ4v) is 4.86. The van der Waals surface area contributed by atoms with Gasteiger partial charge in [0.25, 0.3) is 0 Å². The van der Waals surface area contributed by atoms with Gasteiger partial charge < -0.3 is 14.8 Å². The van der Waals surface area contributed by atoms with Gasteiger partial charge in [0, 0.05) is 31.4 Å². The number of Topliss-reactive ketones (excluding diaryl/α,β-unsaturated/α-hetero) is 2. The molecule has 0 spiro atoms. The van der Waals surface area contributed by atoms with Crippen molar-refractivity contribution in [3.63, 3.8) is 0 Å². The lowest BCUT2D eigenvalue weighted by Gasteiger charge is -2.12. The highest BCUT2D eigenvalue weighted by Gasteiger charge is 2.29. The molecule has 0 radical (unpaired) electrons. The van der Waals surface area contributed by atoms with Crippen molar-refractivity contribution in [2.75, 3.05) is 30.0 Å². The maximum Gasteiger partial charge on any atom is 0.422 e. The van der Waals surface area contributed by atoms with Gasteiger partial charge >= 0.3 is 12.2 Å². The molecule has 0 saturated heterocycles. The monoisotopic (exact) mass is 632 g/mol. The number of nitrogens with zero attached hydrogens (tertiary/aromatic N) is 3. The normalized spacial score (nSPS) is 11.4. The Morgan fingerprint density at radius 1 is 0.886 bits per heavy atom. The Morgan fingerprint density at radius 2 is 1.57 bits per heavy atom. The zero-order chi connectivity index (χ0) is 32.2. The summed E-state index contributed by atoms with van der Waals surface area (Å²) in [6.07, 6.45) is -2.07. The van der Waals surface area contributed by atoms with Crippen LogP contribution in [0.3, 0.4) is 0 Å². The third-order valence-corrected chi connectivity index (χ3v) is 7.30. The highest BCUT2D eigenvalue weighted by atomic mass is 32.2. The molecule has 0 amide bonds. The van der Waals surface area contributed by atoms with E-state index in [4.69, 9.17) is 9.47 Å². The Morgan fingerprint density at radius 3 is 2.20 bits per heavy atom. The zero-order valence-electron chi connectivity index (χ0n) is 23.7. The number of nitrogens with one attached hydrogen (secondary N) is 1. The average molecular weight is 633 g/mol. The molecular weight excluding hydrogens is 601 g/mol. The standard InChI is InChI=1S/C30H31F3N4O6S/c1-3-15-42-25-12-7-22(8-13-25)18-34-28-35-27(36-29(37-28)43-20-30(31,32)33)17-21-5-9-23(10-6-21)26(39)14-11-24(38)19-44(40,41)16-4-2/h3-10,12-13H,1-2,11,14-20H2,(H,34,35,36,37). The lowest BCUT2D eigenvalue weighted by atomic mass is 10.0. The number of hydrogen-bond acceptors (Lipinski definition) is 10. The molecule has 0 aliphatic heterocycles. The fraction of sp³-hybridized carbons (Fsp3) is 0.300. The zero-order valence-corrected chi connectivity index (χ0v) is 24.5. The number of hydrogen-bond donors (Lipinski definition) is 1. The lowest BCUT2D eigenvalue weighted by molar-refractivity contribution is -0.154. The molecule has 3 rings (SSSR count). The predicted octanol–water partition coefficient (Wildman–Crippen LogP) is 4.71. The Hall–Kier alpha value is -4.59. The summed E-state index contributed by atoms with van der Waals surface area (Å²) in [5, 5.41) is 2.96. The van der Waals surface area contributed by atoms with E-state index in [0.29, 0.717) is 23.5 Å². The molecule has 0 aliphatic rings. The molecule has 0 unspecified atom stereocenters. The van der Waals surface area contributed by atoms with Gasteiger partial charge in [-0.1, -0.05) is 55.1 Å². The third-order valence-electron chi connectivity index (χ3n) is 5.79. The summed E-state index contributed by atoms with van der Waals surface area (Å²) >= 11 is 0. The van der Waals surface area contributed by atoms with Crippen LogP contribution in [0.4, 0.5) is 19.1 Å². The van der Waals surface area contributed by atoms with E-state index in [2.05, 4.69) is 33.4 Å². The molecule has 44 heavy (non-hydrogen) atoms. The molecule has 1 N–H and O–H groups in total. The topological polar surface area (TPSA) is 137 Å². The van der Waals surface area contributed by atoms with Crippen molar-refractivity contribution in [2.45, 2.75) is 32.0 Å². The fourth-order valence-electron chi connectivity index (χ4n) is 3.75. The van der Waals surface area contributed by atoms with E-state index in [1.807, 2.05) is 0 Å². The number of carbonyl (C=O) groups is 2. The number of alkyl halides is 3. The second-order valence-corrected chi connectivity index (χ2v) is 11.6. The van der Waals surface area contributed by atoms with Crippen LogP contribution in [-0.4, -0.2) is 65.8 Å². The summed E-state index contributed by atoms with van der Waals surface area (Å²) in [5.41, 5.74) is 1.78. The molecule has 0 atom stereocenters. The van der Waals surface area contributed by atoms with E-state index in [1.165, 1.54) is 18.2 Å². The van der Waals surface area contributed by atoms with Gasteiger partial charge in [0.1, 0.15) is 29.7 Å². The summed E-state index contributed by atoms with van der Waals surface area (Å²) in [7, 11) is -3.59. The van der Waals surface area contributed by atoms with E-state index < -0.39 is 40.2 Å². The lowest BCUT2D eigenvalue weighted by Crippen LogP contribution is -2.21. The first-order valence-corrected chi connectivity index (χ1v) is 15.1. The number of aromatic nitrogens is 3. The molecule has 3 aromatic rings. The van der Waals surface area contributed by atoms with Crippen LogP contribution in [-0.2, 0) is 27.6 Å². The number of anilines is 1. The van der Waals surface area contributed by atoms with Gasteiger partial charge in [-0.15, -0.1) is 6.58 Å². The second kappa shape index (κ2) is 15.8. The molecule has 1 heterocycles. The van der Waals surface area contributed by atoms with Crippen LogP contribution >= 0.6 is 0 Å². The number of halogens is 3. The number of rotatable bonds is 18. The molecule has 10 nitrogen and oxygen atoms in total. The maximum absolute atomic E-state index is 12.8. The van der Waals surface area contributed by atoms with Crippen molar-refractivity contribution in [1.29, 1.82) is 0 Å². The van der Waals surface area contributed by atoms with Gasteiger partial charge in [0.2, 0.25) is 5.95 Å². The van der Waals surface area contributed by atoms with E-state index in [0.717, 1.165) is 5.56 Å². The SMILES string of the molecule is C=CCOc1ccc(CNc2nc(Cc3ccc(C(=O)CCC(=O)CS(=O)(=O)CC=C)cc3)nc(OCC(F)(F)F)n2)cc1. The van der Waals surface area contributed by atoms with Crippen molar-refractivity contribution in [2.24, 2.45) is 0 Å². The number of benzene rings is 2. The molecule has 0 saturated carbocycles. The minimum Gasteiger partial charge on any atom is -0.490 e. The van der Waals surface area contributed by atoms with Gasteiger partial charge in [-0.2, -0.15) is 28.1 Å². The Balaban J connectivity index is 1.66. The maximum atomic E-state index is 12.8. The van der Waals surface area contributed by atoms with Crippen molar-refractivity contribution >= 4 is 27.4 Å².